The van der Waals surface area contributed by atoms with Crippen molar-refractivity contribution in [2.24, 2.45) is 12.0 Å². The molecule has 0 radical (unpaired) electrons. The fourth-order valence-electron chi connectivity index (χ4n) is 2.84. The zero-order valence-electron chi connectivity index (χ0n) is 17.5. The Kier molecular flexibility index (Phi) is 9.98. The molecule has 0 unspecified atom stereocenters. The molecule has 2 rings (SSSR count). The zero-order valence-corrected chi connectivity index (χ0v) is 19.8. The summed E-state index contributed by atoms with van der Waals surface area (Å²) in [7, 11) is 8.90. The largest absolute Gasteiger partial charge is 0.493 e. The van der Waals surface area contributed by atoms with Crippen LogP contribution in [0.15, 0.2) is 35.5 Å². The van der Waals surface area contributed by atoms with Gasteiger partial charge in [-0.25, -0.2) is 4.99 Å². The summed E-state index contributed by atoms with van der Waals surface area (Å²) >= 11 is 0. The second-order valence-electron chi connectivity index (χ2n) is 6.17. The van der Waals surface area contributed by atoms with Crippen molar-refractivity contribution in [3.63, 3.8) is 0 Å². The van der Waals surface area contributed by atoms with Crippen LogP contribution in [0.1, 0.15) is 18.2 Å². The van der Waals surface area contributed by atoms with Crippen molar-refractivity contribution in [3.8, 4) is 17.2 Å². The lowest BCUT2D eigenvalue weighted by Crippen LogP contribution is -2.38. The van der Waals surface area contributed by atoms with Gasteiger partial charge < -0.3 is 29.0 Å². The van der Waals surface area contributed by atoms with Gasteiger partial charge in [0.05, 0.1) is 34.4 Å². The number of nitrogens with one attached hydrogen (secondary N) is 1. The molecule has 0 bridgehead atoms. The van der Waals surface area contributed by atoms with E-state index in [0.29, 0.717) is 23.8 Å². The number of hydrogen-bond acceptors (Lipinski definition) is 4. The summed E-state index contributed by atoms with van der Waals surface area (Å²) in [5.41, 5.74) is 2.20. The molecular formula is C20H31IN4O3. The van der Waals surface area contributed by atoms with E-state index in [1.165, 1.54) is 5.69 Å². The van der Waals surface area contributed by atoms with E-state index in [4.69, 9.17) is 19.2 Å². The van der Waals surface area contributed by atoms with Crippen LogP contribution in [-0.4, -0.2) is 50.3 Å². The fraction of sp³-hybridized carbons (Fsp3) is 0.450. The standard InChI is InChI=1S/C20H30N4O3.HI/c1-7-21-20(24(3)14-16-9-8-10-23(16)2)22-13-15-11-17(25-4)19(27-6)18(12-15)26-5;/h8-12H,7,13-14H2,1-6H3,(H,21,22);1H. The summed E-state index contributed by atoms with van der Waals surface area (Å²) < 4.78 is 18.3. The maximum absolute atomic E-state index is 5.42. The molecule has 0 aliphatic heterocycles. The highest BCUT2D eigenvalue weighted by atomic mass is 127. The van der Waals surface area contributed by atoms with Crippen molar-refractivity contribution in [2.75, 3.05) is 34.9 Å². The van der Waals surface area contributed by atoms with Gasteiger partial charge in [0.25, 0.3) is 0 Å². The van der Waals surface area contributed by atoms with Crippen LogP contribution in [0.4, 0.5) is 0 Å². The van der Waals surface area contributed by atoms with Crippen LogP contribution in [0.25, 0.3) is 0 Å². The highest BCUT2D eigenvalue weighted by Gasteiger charge is 2.14. The van der Waals surface area contributed by atoms with Gasteiger partial charge in [0.2, 0.25) is 5.75 Å². The third-order valence-corrected chi connectivity index (χ3v) is 4.28. The Bertz CT molecular complexity index is 752. The fourth-order valence-corrected chi connectivity index (χ4v) is 2.84. The van der Waals surface area contributed by atoms with Crippen molar-refractivity contribution in [2.45, 2.75) is 20.0 Å². The van der Waals surface area contributed by atoms with Crippen LogP contribution in [0.3, 0.4) is 0 Å². The molecule has 2 aromatic rings. The third-order valence-electron chi connectivity index (χ3n) is 4.28. The Labute approximate surface area is 184 Å². The number of hydrogen-bond donors (Lipinski definition) is 1. The average molecular weight is 502 g/mol. The Balaban J connectivity index is 0.00000392. The zero-order chi connectivity index (χ0) is 19.8. The molecule has 0 saturated carbocycles. The average Bonchev–Trinajstić information content (AvgIpc) is 3.08. The topological polar surface area (TPSA) is 60.3 Å². The first-order chi connectivity index (χ1) is 13.0. The molecule has 1 aromatic carbocycles. The number of aromatic nitrogens is 1. The normalized spacial score (nSPS) is 10.9. The van der Waals surface area contributed by atoms with Gasteiger partial charge in [-0.2, -0.15) is 0 Å². The monoisotopic (exact) mass is 502 g/mol. The number of methoxy groups -OCH3 is 3. The van der Waals surface area contributed by atoms with Crippen molar-refractivity contribution in [1.29, 1.82) is 0 Å². The Morgan fingerprint density at radius 3 is 2.25 bits per heavy atom. The van der Waals surface area contributed by atoms with Gasteiger partial charge in [0.1, 0.15) is 0 Å². The predicted octanol–water partition coefficient (Wildman–Crippen LogP) is 3.27. The lowest BCUT2D eigenvalue weighted by atomic mass is 10.2. The highest BCUT2D eigenvalue weighted by molar-refractivity contribution is 14.0. The predicted molar refractivity (Wildman–Crippen MR) is 123 cm³/mol. The number of halogens is 1. The van der Waals surface area contributed by atoms with Crippen LogP contribution < -0.4 is 19.5 Å². The van der Waals surface area contributed by atoms with Crippen molar-refractivity contribution in [1.82, 2.24) is 14.8 Å². The second kappa shape index (κ2) is 11.7. The quantitative estimate of drug-likeness (QED) is 0.341. The minimum absolute atomic E-state index is 0. The number of benzene rings is 1. The van der Waals surface area contributed by atoms with Crippen LogP contribution in [0, 0.1) is 0 Å². The number of aryl methyl sites for hydroxylation is 1. The number of aliphatic imine (C=N–C) groups is 1. The van der Waals surface area contributed by atoms with Crippen LogP contribution >= 0.6 is 24.0 Å². The molecule has 28 heavy (non-hydrogen) atoms. The Morgan fingerprint density at radius 2 is 1.79 bits per heavy atom. The number of guanidine groups is 1. The van der Waals surface area contributed by atoms with E-state index in [0.717, 1.165) is 24.6 Å². The summed E-state index contributed by atoms with van der Waals surface area (Å²) in [6, 6.07) is 8.00. The minimum Gasteiger partial charge on any atom is -0.493 e. The first kappa shape index (κ1) is 23.9. The lowest BCUT2D eigenvalue weighted by Gasteiger charge is -2.22. The molecule has 0 aliphatic rings. The van der Waals surface area contributed by atoms with Gasteiger partial charge in [-0.15, -0.1) is 24.0 Å². The molecule has 0 fully saturated rings. The lowest BCUT2D eigenvalue weighted by molar-refractivity contribution is 0.324. The molecule has 0 amide bonds. The minimum atomic E-state index is 0. The molecule has 1 heterocycles. The number of nitrogens with zero attached hydrogens (tertiary/aromatic N) is 3. The molecule has 1 N–H and O–H groups in total. The molecule has 156 valence electrons. The van der Waals surface area contributed by atoms with E-state index in [9.17, 15) is 0 Å². The van der Waals surface area contributed by atoms with E-state index in [2.05, 4.69) is 27.8 Å². The van der Waals surface area contributed by atoms with Gasteiger partial charge in [0.15, 0.2) is 17.5 Å². The van der Waals surface area contributed by atoms with Crippen molar-refractivity contribution in [3.05, 3.63) is 41.7 Å². The van der Waals surface area contributed by atoms with Gasteiger partial charge >= 0.3 is 0 Å². The summed E-state index contributed by atoms with van der Waals surface area (Å²) in [5, 5.41) is 3.34. The van der Waals surface area contributed by atoms with Crippen LogP contribution in [-0.2, 0) is 20.1 Å². The van der Waals surface area contributed by atoms with Gasteiger partial charge in [0, 0.05) is 32.5 Å². The summed E-state index contributed by atoms with van der Waals surface area (Å²) in [6.07, 6.45) is 2.04. The molecule has 1 aromatic heterocycles. The molecular weight excluding hydrogens is 471 g/mol. The second-order valence-corrected chi connectivity index (χ2v) is 6.17. The number of ether oxygens (including phenoxy) is 3. The first-order valence-corrected chi connectivity index (χ1v) is 8.92. The SMILES string of the molecule is CCNC(=NCc1cc(OC)c(OC)c(OC)c1)N(C)Cc1cccn1C.I. The van der Waals surface area contributed by atoms with Gasteiger partial charge in [-0.1, -0.05) is 0 Å². The maximum Gasteiger partial charge on any atom is 0.203 e. The molecule has 0 saturated heterocycles. The highest BCUT2D eigenvalue weighted by Crippen LogP contribution is 2.38. The van der Waals surface area contributed by atoms with E-state index in [1.807, 2.05) is 38.5 Å². The molecule has 8 heteroatoms. The maximum atomic E-state index is 5.42. The smallest absolute Gasteiger partial charge is 0.203 e. The van der Waals surface area contributed by atoms with Gasteiger partial charge in [-0.3, -0.25) is 0 Å². The first-order valence-electron chi connectivity index (χ1n) is 8.92. The van der Waals surface area contributed by atoms with E-state index >= 15 is 0 Å². The molecule has 0 atom stereocenters. The van der Waals surface area contributed by atoms with Crippen LogP contribution in [0.2, 0.25) is 0 Å². The Hall–Kier alpha value is -2.10. The summed E-state index contributed by atoms with van der Waals surface area (Å²) in [5.74, 6) is 2.68. The van der Waals surface area contributed by atoms with Gasteiger partial charge in [-0.05, 0) is 36.8 Å². The molecule has 0 spiro atoms. The summed E-state index contributed by atoms with van der Waals surface area (Å²) in [4.78, 5) is 6.88. The molecule has 0 aliphatic carbocycles. The number of rotatable bonds is 8. The van der Waals surface area contributed by atoms with E-state index in [1.54, 1.807) is 21.3 Å². The molecule has 7 nitrogen and oxygen atoms in total. The van der Waals surface area contributed by atoms with Crippen molar-refractivity contribution >= 4 is 29.9 Å². The van der Waals surface area contributed by atoms with Crippen molar-refractivity contribution < 1.29 is 14.2 Å². The Morgan fingerprint density at radius 1 is 1.14 bits per heavy atom. The van der Waals surface area contributed by atoms with Crippen LogP contribution in [0.5, 0.6) is 17.2 Å². The summed E-state index contributed by atoms with van der Waals surface area (Å²) in [6.45, 7) is 4.12. The van der Waals surface area contributed by atoms with E-state index < -0.39 is 0 Å². The van der Waals surface area contributed by atoms with E-state index in [-0.39, 0.29) is 24.0 Å². The third kappa shape index (κ3) is 5.95.